The molecule has 1 unspecified atom stereocenters. The minimum Gasteiger partial charge on any atom is -0.394 e. The topological polar surface area (TPSA) is 94.5 Å². The van der Waals surface area contributed by atoms with Gasteiger partial charge in [-0.1, -0.05) is 6.07 Å². The van der Waals surface area contributed by atoms with Gasteiger partial charge in [-0.15, -0.1) is 0 Å². The lowest BCUT2D eigenvalue weighted by Crippen LogP contribution is -2.20. The average Bonchev–Trinajstić information content (AvgIpc) is 2.73. The first-order chi connectivity index (χ1) is 14.0. The van der Waals surface area contributed by atoms with E-state index in [1.165, 1.54) is 16.7 Å². The lowest BCUT2D eigenvalue weighted by molar-refractivity contribution is 0.281. The lowest BCUT2D eigenvalue weighted by Gasteiger charge is -2.15. The summed E-state index contributed by atoms with van der Waals surface area (Å²) in [5.41, 5.74) is 4.71. The van der Waals surface area contributed by atoms with E-state index >= 15 is 0 Å². The Bertz CT molecular complexity index is 899. The van der Waals surface area contributed by atoms with Crippen LogP contribution in [0.5, 0.6) is 0 Å². The van der Waals surface area contributed by atoms with Crippen LogP contribution in [0.25, 0.3) is 0 Å². The SMILES string of the molecule is Cc1ccc(Nc2ncc(Br)c(NC(C)CO)n2)cc1CNCC1=CN=CCC1. The van der Waals surface area contributed by atoms with Crippen molar-refractivity contribution in [1.29, 1.82) is 0 Å². The van der Waals surface area contributed by atoms with Gasteiger partial charge in [-0.25, -0.2) is 4.98 Å². The third-order valence-electron chi connectivity index (χ3n) is 4.63. The molecule has 1 aliphatic rings. The fourth-order valence-corrected chi connectivity index (χ4v) is 3.22. The molecule has 1 atom stereocenters. The van der Waals surface area contributed by atoms with Crippen LogP contribution in [0.2, 0.25) is 0 Å². The Morgan fingerprint density at radius 3 is 2.90 bits per heavy atom. The Hall–Kier alpha value is -2.29. The second kappa shape index (κ2) is 10.5. The van der Waals surface area contributed by atoms with Crippen molar-refractivity contribution >= 4 is 39.6 Å². The van der Waals surface area contributed by atoms with Gasteiger partial charge in [-0.2, -0.15) is 4.98 Å². The van der Waals surface area contributed by atoms with Crippen LogP contribution in [-0.2, 0) is 6.54 Å². The first-order valence-electron chi connectivity index (χ1n) is 9.72. The van der Waals surface area contributed by atoms with Gasteiger partial charge in [0.1, 0.15) is 5.82 Å². The molecule has 0 aliphatic carbocycles. The second-order valence-corrected chi connectivity index (χ2v) is 8.00. The number of aliphatic hydroxyl groups is 1. The third kappa shape index (κ3) is 6.35. The van der Waals surface area contributed by atoms with Crippen molar-refractivity contribution in [2.45, 2.75) is 39.3 Å². The Kier molecular flexibility index (Phi) is 7.74. The number of aliphatic hydroxyl groups excluding tert-OH is 1. The number of hydrogen-bond acceptors (Lipinski definition) is 7. The largest absolute Gasteiger partial charge is 0.394 e. The minimum absolute atomic E-state index is 0.0246. The van der Waals surface area contributed by atoms with E-state index in [0.717, 1.165) is 36.1 Å². The van der Waals surface area contributed by atoms with Gasteiger partial charge in [0.15, 0.2) is 0 Å². The molecule has 1 aromatic heterocycles. The van der Waals surface area contributed by atoms with E-state index in [-0.39, 0.29) is 12.6 Å². The van der Waals surface area contributed by atoms with Crippen molar-refractivity contribution in [2.24, 2.45) is 4.99 Å². The van der Waals surface area contributed by atoms with E-state index < -0.39 is 0 Å². The maximum absolute atomic E-state index is 9.25. The summed E-state index contributed by atoms with van der Waals surface area (Å²) >= 11 is 3.44. The quantitative estimate of drug-likeness (QED) is 0.454. The molecule has 3 rings (SSSR count). The summed E-state index contributed by atoms with van der Waals surface area (Å²) < 4.78 is 0.749. The summed E-state index contributed by atoms with van der Waals surface area (Å²) in [7, 11) is 0. The highest BCUT2D eigenvalue weighted by molar-refractivity contribution is 9.10. The minimum atomic E-state index is -0.101. The molecule has 1 aromatic carbocycles. The molecule has 0 bridgehead atoms. The van der Waals surface area contributed by atoms with Gasteiger partial charge in [-0.05, 0) is 71.5 Å². The molecule has 0 saturated carbocycles. The summed E-state index contributed by atoms with van der Waals surface area (Å²) in [4.78, 5) is 13.1. The maximum Gasteiger partial charge on any atom is 0.229 e. The molecule has 0 radical (unpaired) electrons. The number of hydrogen-bond donors (Lipinski definition) is 4. The van der Waals surface area contributed by atoms with Gasteiger partial charge in [-0.3, -0.25) is 4.99 Å². The van der Waals surface area contributed by atoms with E-state index in [1.54, 1.807) is 6.20 Å². The molecule has 0 fully saturated rings. The van der Waals surface area contributed by atoms with Crippen LogP contribution < -0.4 is 16.0 Å². The van der Waals surface area contributed by atoms with Crippen molar-refractivity contribution < 1.29 is 5.11 Å². The predicted octanol–water partition coefficient (Wildman–Crippen LogP) is 3.92. The summed E-state index contributed by atoms with van der Waals surface area (Å²) in [5, 5.41) is 19.2. The second-order valence-electron chi connectivity index (χ2n) is 7.15. The molecule has 0 saturated heterocycles. The highest BCUT2D eigenvalue weighted by Gasteiger charge is 2.09. The molecule has 7 nitrogen and oxygen atoms in total. The summed E-state index contributed by atoms with van der Waals surface area (Å²) in [6.45, 7) is 5.65. The summed E-state index contributed by atoms with van der Waals surface area (Å²) in [6.07, 6.45) is 7.70. The van der Waals surface area contributed by atoms with Crippen molar-refractivity contribution in [3.63, 3.8) is 0 Å². The maximum atomic E-state index is 9.25. The van der Waals surface area contributed by atoms with Crippen molar-refractivity contribution in [3.05, 3.63) is 51.8 Å². The van der Waals surface area contributed by atoms with Gasteiger partial charge >= 0.3 is 0 Å². The molecule has 154 valence electrons. The van der Waals surface area contributed by atoms with Crippen LogP contribution in [0.15, 0.2) is 45.6 Å². The normalized spacial score (nSPS) is 14.4. The Morgan fingerprint density at radius 2 is 2.14 bits per heavy atom. The zero-order valence-electron chi connectivity index (χ0n) is 16.7. The fraction of sp³-hybridized carbons (Fsp3) is 0.381. The average molecular weight is 459 g/mol. The van der Waals surface area contributed by atoms with Crippen molar-refractivity contribution in [1.82, 2.24) is 15.3 Å². The molecule has 2 aromatic rings. The Labute approximate surface area is 179 Å². The summed E-state index contributed by atoms with van der Waals surface area (Å²) in [5.74, 6) is 1.13. The standard InChI is InChI=1S/C21H27BrN6O/c1-14-5-6-18(8-17(14)11-24-10-16-4-3-7-23-9-16)27-21-25-12-19(22)20(28-21)26-15(2)13-29/h5-9,12,15,24,29H,3-4,10-11,13H2,1-2H3,(H2,25,26,27,28). The van der Waals surface area contributed by atoms with Crippen LogP contribution in [-0.4, -0.2) is 40.5 Å². The smallest absolute Gasteiger partial charge is 0.229 e. The molecular weight excluding hydrogens is 432 g/mol. The van der Waals surface area contributed by atoms with E-state index in [1.807, 2.05) is 25.4 Å². The highest BCUT2D eigenvalue weighted by Crippen LogP contribution is 2.23. The van der Waals surface area contributed by atoms with Crippen LogP contribution >= 0.6 is 15.9 Å². The monoisotopic (exact) mass is 458 g/mol. The van der Waals surface area contributed by atoms with Gasteiger partial charge in [0.25, 0.3) is 0 Å². The van der Waals surface area contributed by atoms with E-state index in [0.29, 0.717) is 11.8 Å². The van der Waals surface area contributed by atoms with Crippen LogP contribution in [0.4, 0.5) is 17.5 Å². The lowest BCUT2D eigenvalue weighted by atomic mass is 10.1. The van der Waals surface area contributed by atoms with Crippen LogP contribution in [0.3, 0.4) is 0 Å². The molecule has 1 aliphatic heterocycles. The number of aromatic nitrogens is 2. The number of anilines is 3. The molecule has 29 heavy (non-hydrogen) atoms. The number of rotatable bonds is 9. The van der Waals surface area contributed by atoms with E-state index in [9.17, 15) is 5.11 Å². The third-order valence-corrected chi connectivity index (χ3v) is 5.21. The van der Waals surface area contributed by atoms with Crippen molar-refractivity contribution in [3.8, 4) is 0 Å². The molecule has 2 heterocycles. The van der Waals surface area contributed by atoms with Gasteiger partial charge < -0.3 is 21.1 Å². The van der Waals surface area contributed by atoms with Gasteiger partial charge in [0, 0.05) is 43.4 Å². The number of nitrogens with zero attached hydrogens (tertiary/aromatic N) is 3. The highest BCUT2D eigenvalue weighted by atomic mass is 79.9. The van der Waals surface area contributed by atoms with Crippen LogP contribution in [0, 0.1) is 6.92 Å². The summed E-state index contributed by atoms with van der Waals surface area (Å²) in [6, 6.07) is 6.13. The molecule has 0 amide bonds. The molecular formula is C21H27BrN6O. The Morgan fingerprint density at radius 1 is 1.28 bits per heavy atom. The molecule has 8 heteroatoms. The van der Waals surface area contributed by atoms with Crippen molar-refractivity contribution in [2.75, 3.05) is 23.8 Å². The number of aliphatic imine (C=N–C) groups is 1. The first kappa shape index (κ1) is 21.4. The first-order valence-corrected chi connectivity index (χ1v) is 10.5. The number of nitrogens with one attached hydrogen (secondary N) is 3. The number of halogens is 1. The van der Waals surface area contributed by atoms with Gasteiger partial charge in [0.2, 0.25) is 5.95 Å². The zero-order chi connectivity index (χ0) is 20.6. The Balaban J connectivity index is 1.65. The van der Waals surface area contributed by atoms with Gasteiger partial charge in [0.05, 0.1) is 11.1 Å². The fourth-order valence-electron chi connectivity index (χ4n) is 2.92. The number of aryl methyl sites for hydroxylation is 1. The van der Waals surface area contributed by atoms with Crippen LogP contribution in [0.1, 0.15) is 30.9 Å². The zero-order valence-corrected chi connectivity index (χ0v) is 18.3. The molecule has 0 spiro atoms. The predicted molar refractivity (Wildman–Crippen MR) is 122 cm³/mol. The molecule has 4 N–H and O–H groups in total. The van der Waals surface area contributed by atoms with E-state index in [2.05, 4.69) is 65.9 Å². The number of benzene rings is 1. The van der Waals surface area contributed by atoms with E-state index in [4.69, 9.17) is 0 Å².